The van der Waals surface area contributed by atoms with Crippen LogP contribution in [0.25, 0.3) is 0 Å². The molecule has 0 aromatic rings. The number of imide groups is 1. The molecule has 4 rings (SSSR count). The molecule has 0 aromatic heterocycles. The highest BCUT2D eigenvalue weighted by molar-refractivity contribution is 6.06. The van der Waals surface area contributed by atoms with Gasteiger partial charge in [-0.05, 0) is 37.0 Å². The molecule has 1 saturated heterocycles. The minimum absolute atomic E-state index is 0.0293. The molecule has 0 spiro atoms. The van der Waals surface area contributed by atoms with E-state index in [1.807, 2.05) is 0 Å². The second-order valence-electron chi connectivity index (χ2n) is 7.74. The number of hydrogen-bond acceptors (Lipinski definition) is 4. The van der Waals surface area contributed by atoms with Crippen LogP contribution in [-0.2, 0) is 14.4 Å². The van der Waals surface area contributed by atoms with Crippen LogP contribution in [0.5, 0.6) is 0 Å². The summed E-state index contributed by atoms with van der Waals surface area (Å²) in [6, 6.07) is 0.125. The number of carbonyl (C=O) groups is 3. The fourth-order valence-corrected chi connectivity index (χ4v) is 5.12. The Kier molecular flexibility index (Phi) is 3.95. The Bertz CT molecular complexity index is 572. The molecule has 0 aromatic carbocycles. The van der Waals surface area contributed by atoms with E-state index < -0.39 is 0 Å². The summed E-state index contributed by atoms with van der Waals surface area (Å²) in [5.74, 6) is 0.307. The first kappa shape index (κ1) is 15.8. The minimum Gasteiger partial charge on any atom is -0.354 e. The number of nitrogens with zero attached hydrogens (tertiary/aromatic N) is 1. The fourth-order valence-electron chi connectivity index (χ4n) is 5.12. The normalized spacial score (nSPS) is 39.8. The summed E-state index contributed by atoms with van der Waals surface area (Å²) in [6.45, 7) is 0.618. The Hall–Kier alpha value is -1.69. The van der Waals surface area contributed by atoms with E-state index in [0.717, 1.165) is 25.7 Å². The molecule has 2 saturated carbocycles. The monoisotopic (exact) mass is 331 g/mol. The van der Waals surface area contributed by atoms with Gasteiger partial charge in [-0.15, -0.1) is 0 Å². The standard InChI is InChI=1S/C18H25N3O3/c19-13-3-1-2-10(13)9-14(22)20-6-7-21-17(23)15-11-4-5-12(8-11)16(15)18(21)24/h4-5,10-13,15-16H,1-3,6-9,19H2,(H,20,22)/t10-,11?,12?,13+,15?,16?/m0/s1. The molecule has 6 nitrogen and oxygen atoms in total. The molecule has 1 aliphatic heterocycles. The minimum atomic E-state index is -0.153. The largest absolute Gasteiger partial charge is 0.354 e. The third-order valence-corrected chi connectivity index (χ3v) is 6.38. The molecular weight excluding hydrogens is 306 g/mol. The van der Waals surface area contributed by atoms with Gasteiger partial charge in [0.2, 0.25) is 17.7 Å². The maximum Gasteiger partial charge on any atom is 0.233 e. The molecule has 0 radical (unpaired) electrons. The number of carbonyl (C=O) groups excluding carboxylic acids is 3. The average molecular weight is 331 g/mol. The smallest absolute Gasteiger partial charge is 0.233 e. The first-order valence-corrected chi connectivity index (χ1v) is 9.12. The van der Waals surface area contributed by atoms with Crippen molar-refractivity contribution in [1.82, 2.24) is 10.2 Å². The van der Waals surface area contributed by atoms with E-state index in [0.29, 0.717) is 13.0 Å². The van der Waals surface area contributed by atoms with Gasteiger partial charge in [-0.2, -0.15) is 0 Å². The zero-order valence-electron chi connectivity index (χ0n) is 13.8. The van der Waals surface area contributed by atoms with Crippen LogP contribution >= 0.6 is 0 Å². The lowest BCUT2D eigenvalue weighted by molar-refractivity contribution is -0.141. The maximum absolute atomic E-state index is 12.5. The number of hydrogen-bond donors (Lipinski definition) is 2. The van der Waals surface area contributed by atoms with Gasteiger partial charge in [-0.25, -0.2) is 0 Å². The van der Waals surface area contributed by atoms with Crippen LogP contribution in [-0.4, -0.2) is 41.8 Å². The number of nitrogens with two attached hydrogens (primary N) is 1. The number of likely N-dealkylation sites (tertiary alicyclic amines) is 1. The number of fused-ring (bicyclic) bond motifs is 5. The van der Waals surface area contributed by atoms with E-state index in [1.165, 1.54) is 4.90 Å². The molecular formula is C18H25N3O3. The van der Waals surface area contributed by atoms with Crippen molar-refractivity contribution >= 4 is 17.7 Å². The van der Waals surface area contributed by atoms with Gasteiger partial charge in [0.25, 0.3) is 0 Å². The van der Waals surface area contributed by atoms with Gasteiger partial charge in [0.1, 0.15) is 0 Å². The van der Waals surface area contributed by atoms with Crippen molar-refractivity contribution in [2.24, 2.45) is 35.3 Å². The lowest BCUT2D eigenvalue weighted by Gasteiger charge is -2.18. The molecule has 6 heteroatoms. The zero-order valence-corrected chi connectivity index (χ0v) is 13.8. The SMILES string of the molecule is N[C@@H]1CCC[C@H]1CC(=O)NCCN1C(=O)C2C3C=CC(C3)C2C1=O. The van der Waals surface area contributed by atoms with Gasteiger partial charge in [0.15, 0.2) is 0 Å². The molecule has 3 amide bonds. The van der Waals surface area contributed by atoms with Gasteiger partial charge in [0.05, 0.1) is 11.8 Å². The summed E-state index contributed by atoms with van der Waals surface area (Å²) < 4.78 is 0. The van der Waals surface area contributed by atoms with Crippen LogP contribution in [0.1, 0.15) is 32.1 Å². The van der Waals surface area contributed by atoms with Gasteiger partial charge in [0, 0.05) is 25.6 Å². The van der Waals surface area contributed by atoms with E-state index in [4.69, 9.17) is 5.73 Å². The van der Waals surface area contributed by atoms with Crippen LogP contribution in [0.15, 0.2) is 12.2 Å². The van der Waals surface area contributed by atoms with Crippen LogP contribution in [0.2, 0.25) is 0 Å². The van der Waals surface area contributed by atoms with Crippen LogP contribution in [0, 0.1) is 29.6 Å². The molecule has 1 heterocycles. The summed E-state index contributed by atoms with van der Waals surface area (Å²) in [6.07, 6.45) is 8.67. The first-order chi connectivity index (χ1) is 11.6. The highest BCUT2D eigenvalue weighted by atomic mass is 16.2. The summed E-state index contributed by atoms with van der Waals surface area (Å²) in [4.78, 5) is 38.4. The number of rotatable bonds is 5. The Labute approximate surface area is 141 Å². The summed E-state index contributed by atoms with van der Waals surface area (Å²) in [5, 5.41) is 2.85. The van der Waals surface area contributed by atoms with E-state index in [9.17, 15) is 14.4 Å². The zero-order chi connectivity index (χ0) is 16.8. The van der Waals surface area contributed by atoms with Gasteiger partial charge in [-0.3, -0.25) is 19.3 Å². The Morgan fingerprint density at radius 2 is 1.83 bits per heavy atom. The number of amides is 3. The Morgan fingerprint density at radius 3 is 2.42 bits per heavy atom. The lowest BCUT2D eigenvalue weighted by Crippen LogP contribution is -2.40. The summed E-state index contributed by atoms with van der Waals surface area (Å²) in [5.41, 5.74) is 5.99. The summed E-state index contributed by atoms with van der Waals surface area (Å²) in [7, 11) is 0. The van der Waals surface area contributed by atoms with Gasteiger partial charge in [-0.1, -0.05) is 18.6 Å². The van der Waals surface area contributed by atoms with Crippen molar-refractivity contribution in [3.05, 3.63) is 12.2 Å². The average Bonchev–Trinajstić information content (AvgIpc) is 3.30. The molecule has 24 heavy (non-hydrogen) atoms. The van der Waals surface area contributed by atoms with E-state index in [-0.39, 0.29) is 59.9 Å². The second kappa shape index (κ2) is 5.99. The molecule has 3 fully saturated rings. The van der Waals surface area contributed by atoms with Crippen molar-refractivity contribution in [3.63, 3.8) is 0 Å². The second-order valence-corrected chi connectivity index (χ2v) is 7.74. The third kappa shape index (κ3) is 2.48. The highest BCUT2D eigenvalue weighted by Crippen LogP contribution is 2.52. The van der Waals surface area contributed by atoms with E-state index >= 15 is 0 Å². The third-order valence-electron chi connectivity index (χ3n) is 6.38. The highest BCUT2D eigenvalue weighted by Gasteiger charge is 2.58. The van der Waals surface area contributed by atoms with Gasteiger partial charge >= 0.3 is 0 Å². The molecule has 4 aliphatic rings. The quantitative estimate of drug-likeness (QED) is 0.564. The van der Waals surface area contributed by atoms with Crippen molar-refractivity contribution in [1.29, 1.82) is 0 Å². The number of nitrogens with one attached hydrogen (secondary N) is 1. The molecule has 6 atom stereocenters. The molecule has 4 unspecified atom stereocenters. The molecule has 3 N–H and O–H groups in total. The van der Waals surface area contributed by atoms with Crippen LogP contribution in [0.3, 0.4) is 0 Å². The van der Waals surface area contributed by atoms with Crippen LogP contribution < -0.4 is 11.1 Å². The van der Waals surface area contributed by atoms with Crippen molar-refractivity contribution in [2.75, 3.05) is 13.1 Å². The van der Waals surface area contributed by atoms with E-state index in [2.05, 4.69) is 17.5 Å². The Morgan fingerprint density at radius 1 is 1.17 bits per heavy atom. The van der Waals surface area contributed by atoms with E-state index in [1.54, 1.807) is 0 Å². The fraction of sp³-hybridized carbons (Fsp3) is 0.722. The van der Waals surface area contributed by atoms with Crippen molar-refractivity contribution in [2.45, 2.75) is 38.1 Å². The predicted molar refractivity (Wildman–Crippen MR) is 87.4 cm³/mol. The molecule has 2 bridgehead atoms. The lowest BCUT2D eigenvalue weighted by atomic mass is 9.85. The van der Waals surface area contributed by atoms with Crippen LogP contribution in [0.4, 0.5) is 0 Å². The summed E-state index contributed by atoms with van der Waals surface area (Å²) >= 11 is 0. The number of allylic oxidation sites excluding steroid dienone is 2. The topological polar surface area (TPSA) is 92.5 Å². The predicted octanol–water partition coefficient (Wildman–Crippen LogP) is 0.427. The van der Waals surface area contributed by atoms with Gasteiger partial charge < -0.3 is 11.1 Å². The first-order valence-electron chi connectivity index (χ1n) is 9.12. The Balaban J connectivity index is 1.27. The van der Waals surface area contributed by atoms with Crippen molar-refractivity contribution in [3.8, 4) is 0 Å². The molecule has 3 aliphatic carbocycles. The maximum atomic E-state index is 12.5. The van der Waals surface area contributed by atoms with Crippen molar-refractivity contribution < 1.29 is 14.4 Å². The molecule has 130 valence electrons.